The summed E-state index contributed by atoms with van der Waals surface area (Å²) in [5, 5.41) is 4.96. The van der Waals surface area contributed by atoms with Gasteiger partial charge in [0.15, 0.2) is 6.10 Å². The number of carbonyl (C=O) groups excluding carboxylic acids is 1. The number of hydrogen-bond acceptors (Lipinski definition) is 5. The minimum Gasteiger partial charge on any atom is -0.481 e. The molecule has 1 aliphatic rings. The number of benzene rings is 3. The van der Waals surface area contributed by atoms with Crippen LogP contribution in [0.4, 0.5) is 5.69 Å². The molecule has 0 saturated carbocycles. The van der Waals surface area contributed by atoms with E-state index in [-0.39, 0.29) is 10.8 Å². The first-order valence-corrected chi connectivity index (χ1v) is 12.1. The van der Waals surface area contributed by atoms with Crippen LogP contribution in [0.5, 0.6) is 5.75 Å². The van der Waals surface area contributed by atoms with Crippen LogP contribution in [-0.2, 0) is 19.6 Å². The third-order valence-electron chi connectivity index (χ3n) is 5.39. The highest BCUT2D eigenvalue weighted by Crippen LogP contribution is 2.23. The zero-order valence-corrected chi connectivity index (χ0v) is 18.7. The summed E-state index contributed by atoms with van der Waals surface area (Å²) in [5.41, 5.74) is 0.511. The lowest BCUT2D eigenvalue weighted by Crippen LogP contribution is -2.40. The summed E-state index contributed by atoms with van der Waals surface area (Å²) in [6.07, 6.45) is -0.185. The topological polar surface area (TPSA) is 84.9 Å². The van der Waals surface area contributed by atoms with E-state index in [1.165, 1.54) is 16.4 Å². The third-order valence-corrected chi connectivity index (χ3v) is 7.31. The number of nitrogens with one attached hydrogen (secondary N) is 1. The predicted molar refractivity (Wildman–Crippen MR) is 123 cm³/mol. The summed E-state index contributed by atoms with van der Waals surface area (Å²) < 4.78 is 38.0. The van der Waals surface area contributed by atoms with Crippen molar-refractivity contribution < 1.29 is 22.7 Å². The second kappa shape index (κ2) is 9.68. The molecule has 1 amide bonds. The van der Waals surface area contributed by atoms with E-state index in [2.05, 4.69) is 5.32 Å². The van der Waals surface area contributed by atoms with Crippen molar-refractivity contribution in [1.82, 2.24) is 4.31 Å². The molecule has 0 aliphatic carbocycles. The second-order valence-corrected chi connectivity index (χ2v) is 9.49. The van der Waals surface area contributed by atoms with Crippen LogP contribution >= 0.6 is 0 Å². The van der Waals surface area contributed by atoms with E-state index in [1.807, 2.05) is 49.4 Å². The SMILES string of the molecule is CCC(Oc1ccc2ccccc2c1)C(=O)Nc1ccc(S(=O)(=O)N2CCOCC2)cc1. The average Bonchev–Trinajstić information content (AvgIpc) is 2.83. The number of hydrogen-bond donors (Lipinski definition) is 1. The van der Waals surface area contributed by atoms with Crippen LogP contribution in [-0.4, -0.2) is 51.0 Å². The molecule has 1 heterocycles. The molecule has 32 heavy (non-hydrogen) atoms. The lowest BCUT2D eigenvalue weighted by molar-refractivity contribution is -0.122. The quantitative estimate of drug-likeness (QED) is 0.589. The lowest BCUT2D eigenvalue weighted by Gasteiger charge is -2.26. The monoisotopic (exact) mass is 454 g/mol. The van der Waals surface area contributed by atoms with Crippen molar-refractivity contribution >= 4 is 32.4 Å². The van der Waals surface area contributed by atoms with Gasteiger partial charge in [-0.2, -0.15) is 4.31 Å². The van der Waals surface area contributed by atoms with E-state index in [1.54, 1.807) is 12.1 Å². The highest BCUT2D eigenvalue weighted by atomic mass is 32.2. The Morgan fingerprint density at radius 1 is 1.03 bits per heavy atom. The number of morpholine rings is 1. The molecule has 0 radical (unpaired) electrons. The zero-order chi connectivity index (χ0) is 22.6. The van der Waals surface area contributed by atoms with E-state index in [0.29, 0.717) is 44.2 Å². The fourth-order valence-corrected chi connectivity index (χ4v) is 5.00. The molecule has 1 aliphatic heterocycles. The highest BCUT2D eigenvalue weighted by molar-refractivity contribution is 7.89. The van der Waals surface area contributed by atoms with Crippen molar-refractivity contribution in [3.05, 3.63) is 66.7 Å². The number of anilines is 1. The molecule has 1 fully saturated rings. The molecule has 0 bridgehead atoms. The van der Waals surface area contributed by atoms with Gasteiger partial charge in [-0.15, -0.1) is 0 Å². The molecular weight excluding hydrogens is 428 g/mol. The lowest BCUT2D eigenvalue weighted by atomic mass is 10.1. The molecule has 1 N–H and O–H groups in total. The van der Waals surface area contributed by atoms with E-state index < -0.39 is 16.1 Å². The molecule has 1 saturated heterocycles. The van der Waals surface area contributed by atoms with Crippen molar-refractivity contribution in [2.75, 3.05) is 31.6 Å². The molecule has 3 aromatic rings. The first-order valence-electron chi connectivity index (χ1n) is 10.6. The first kappa shape index (κ1) is 22.3. The van der Waals surface area contributed by atoms with Crippen molar-refractivity contribution in [1.29, 1.82) is 0 Å². The van der Waals surface area contributed by atoms with E-state index in [4.69, 9.17) is 9.47 Å². The first-order chi connectivity index (χ1) is 15.5. The molecule has 4 rings (SSSR count). The molecule has 0 aromatic heterocycles. The van der Waals surface area contributed by atoms with Crippen molar-refractivity contribution in [3.63, 3.8) is 0 Å². The van der Waals surface area contributed by atoms with Crippen LogP contribution in [0.15, 0.2) is 71.6 Å². The second-order valence-electron chi connectivity index (χ2n) is 7.55. The van der Waals surface area contributed by atoms with Gasteiger partial charge in [-0.3, -0.25) is 4.79 Å². The maximum atomic E-state index is 12.8. The van der Waals surface area contributed by atoms with Gasteiger partial charge in [-0.1, -0.05) is 37.3 Å². The Hall–Kier alpha value is -2.94. The molecule has 1 atom stereocenters. The van der Waals surface area contributed by atoms with Crippen LogP contribution in [0.3, 0.4) is 0 Å². The molecule has 0 spiro atoms. The Kier molecular flexibility index (Phi) is 6.74. The van der Waals surface area contributed by atoms with Gasteiger partial charge in [-0.05, 0) is 53.6 Å². The van der Waals surface area contributed by atoms with E-state index in [9.17, 15) is 13.2 Å². The van der Waals surface area contributed by atoms with Gasteiger partial charge in [0.2, 0.25) is 10.0 Å². The number of nitrogens with zero attached hydrogens (tertiary/aromatic N) is 1. The van der Waals surface area contributed by atoms with Gasteiger partial charge in [0.05, 0.1) is 18.1 Å². The number of rotatable bonds is 7. The summed E-state index contributed by atoms with van der Waals surface area (Å²) in [7, 11) is -3.57. The summed E-state index contributed by atoms with van der Waals surface area (Å²) in [4.78, 5) is 13.0. The molecule has 1 unspecified atom stereocenters. The minimum absolute atomic E-state index is 0.192. The van der Waals surface area contributed by atoms with E-state index >= 15 is 0 Å². The van der Waals surface area contributed by atoms with Gasteiger partial charge in [-0.25, -0.2) is 8.42 Å². The van der Waals surface area contributed by atoms with Crippen LogP contribution in [0, 0.1) is 0 Å². The minimum atomic E-state index is -3.57. The average molecular weight is 455 g/mol. The standard InChI is InChI=1S/C24H26N2O5S/c1-2-23(31-21-10-7-18-5-3-4-6-19(18)17-21)24(27)25-20-8-11-22(12-9-20)32(28,29)26-13-15-30-16-14-26/h3-12,17,23H,2,13-16H2,1H3,(H,25,27). The molecule has 168 valence electrons. The normalized spacial score (nSPS) is 15.9. The molecule has 3 aromatic carbocycles. The number of ether oxygens (including phenoxy) is 2. The van der Waals surface area contributed by atoms with Crippen LogP contribution < -0.4 is 10.1 Å². The summed E-state index contributed by atoms with van der Waals surface area (Å²) in [5.74, 6) is 0.335. The number of fused-ring (bicyclic) bond motifs is 1. The Morgan fingerprint density at radius 2 is 1.72 bits per heavy atom. The summed E-state index contributed by atoms with van der Waals surface area (Å²) in [6, 6.07) is 19.9. The molecule has 8 heteroatoms. The van der Waals surface area contributed by atoms with Crippen LogP contribution in [0.25, 0.3) is 10.8 Å². The van der Waals surface area contributed by atoms with Gasteiger partial charge < -0.3 is 14.8 Å². The summed E-state index contributed by atoms with van der Waals surface area (Å²) in [6.45, 7) is 3.34. The summed E-state index contributed by atoms with van der Waals surface area (Å²) >= 11 is 0. The Labute approximate surface area is 188 Å². The number of sulfonamides is 1. The Morgan fingerprint density at radius 3 is 2.41 bits per heavy atom. The fraction of sp³-hybridized carbons (Fsp3) is 0.292. The highest BCUT2D eigenvalue weighted by Gasteiger charge is 2.26. The maximum absolute atomic E-state index is 12.8. The van der Waals surface area contributed by atoms with Gasteiger partial charge in [0.25, 0.3) is 5.91 Å². The number of amides is 1. The zero-order valence-electron chi connectivity index (χ0n) is 17.9. The maximum Gasteiger partial charge on any atom is 0.265 e. The Balaban J connectivity index is 1.42. The van der Waals surface area contributed by atoms with Crippen LogP contribution in [0.1, 0.15) is 13.3 Å². The van der Waals surface area contributed by atoms with E-state index in [0.717, 1.165) is 10.8 Å². The smallest absolute Gasteiger partial charge is 0.265 e. The molecular formula is C24H26N2O5S. The number of carbonyl (C=O) groups is 1. The Bertz CT molecular complexity index is 1190. The molecule has 7 nitrogen and oxygen atoms in total. The van der Waals surface area contributed by atoms with Crippen molar-refractivity contribution in [2.45, 2.75) is 24.3 Å². The van der Waals surface area contributed by atoms with Gasteiger partial charge >= 0.3 is 0 Å². The van der Waals surface area contributed by atoms with Gasteiger partial charge in [0, 0.05) is 18.8 Å². The fourth-order valence-electron chi connectivity index (χ4n) is 3.60. The van der Waals surface area contributed by atoms with Crippen molar-refractivity contribution in [2.24, 2.45) is 0 Å². The van der Waals surface area contributed by atoms with Crippen LogP contribution in [0.2, 0.25) is 0 Å². The largest absolute Gasteiger partial charge is 0.481 e. The third kappa shape index (κ3) is 4.93. The predicted octanol–water partition coefficient (Wildman–Crippen LogP) is 3.66. The van der Waals surface area contributed by atoms with Crippen molar-refractivity contribution in [3.8, 4) is 5.75 Å². The van der Waals surface area contributed by atoms with Gasteiger partial charge in [0.1, 0.15) is 5.75 Å².